The predicted octanol–water partition coefficient (Wildman–Crippen LogP) is 1.66. The summed E-state index contributed by atoms with van der Waals surface area (Å²) in [6, 6.07) is 0.978. The minimum absolute atomic E-state index is 0.254. The van der Waals surface area contributed by atoms with E-state index in [-0.39, 0.29) is 5.91 Å². The molecular weight excluding hydrogens is 214 g/mol. The molecule has 1 aromatic rings. The summed E-state index contributed by atoms with van der Waals surface area (Å²) < 4.78 is 0. The van der Waals surface area contributed by atoms with Gasteiger partial charge in [0.25, 0.3) is 0 Å². The van der Waals surface area contributed by atoms with Crippen LogP contribution < -0.4 is 0 Å². The molecule has 1 amide bonds. The molecular formula is C10H13NO3S. The summed E-state index contributed by atoms with van der Waals surface area (Å²) in [4.78, 5) is 24.2. The van der Waals surface area contributed by atoms with Crippen LogP contribution in [-0.4, -0.2) is 28.9 Å². The summed E-state index contributed by atoms with van der Waals surface area (Å²) >= 11 is 1.36. The Balaban J connectivity index is 3.09. The monoisotopic (exact) mass is 227 g/mol. The third kappa shape index (κ3) is 2.36. The normalized spacial score (nSPS) is 12.2. The molecule has 0 fully saturated rings. The Kier molecular flexibility index (Phi) is 3.47. The van der Waals surface area contributed by atoms with E-state index in [9.17, 15) is 9.59 Å². The van der Waals surface area contributed by atoms with E-state index in [2.05, 4.69) is 0 Å². The largest absolute Gasteiger partial charge is 0.479 e. The summed E-state index contributed by atoms with van der Waals surface area (Å²) in [7, 11) is 1.50. The molecule has 1 unspecified atom stereocenters. The first kappa shape index (κ1) is 11.7. The van der Waals surface area contributed by atoms with Gasteiger partial charge in [0, 0.05) is 18.8 Å². The van der Waals surface area contributed by atoms with E-state index in [0.717, 1.165) is 5.56 Å². The van der Waals surface area contributed by atoms with E-state index in [1.54, 1.807) is 0 Å². The Morgan fingerprint density at radius 1 is 1.53 bits per heavy atom. The predicted molar refractivity (Wildman–Crippen MR) is 57.9 cm³/mol. The zero-order valence-corrected chi connectivity index (χ0v) is 9.67. The summed E-state index contributed by atoms with van der Waals surface area (Å²) in [5.41, 5.74) is 0.903. The maximum atomic E-state index is 11.2. The van der Waals surface area contributed by atoms with Crippen molar-refractivity contribution in [3.8, 4) is 0 Å². The Hall–Kier alpha value is -1.36. The summed E-state index contributed by atoms with van der Waals surface area (Å²) in [5.74, 6) is -1.26. The highest BCUT2D eigenvalue weighted by Gasteiger charge is 2.28. The first-order valence-electron chi connectivity index (χ1n) is 4.45. The number of aliphatic carboxylic acids is 1. The second-order valence-corrected chi connectivity index (χ2v) is 4.29. The molecule has 0 radical (unpaired) electrons. The topological polar surface area (TPSA) is 57.6 Å². The molecule has 0 spiro atoms. The van der Waals surface area contributed by atoms with Crippen molar-refractivity contribution in [2.75, 3.05) is 7.05 Å². The third-order valence-corrected chi connectivity index (χ3v) is 3.34. The molecule has 4 nitrogen and oxygen atoms in total. The lowest BCUT2D eigenvalue weighted by molar-refractivity contribution is -0.148. The van der Waals surface area contributed by atoms with Crippen LogP contribution in [0.3, 0.4) is 0 Å². The average molecular weight is 227 g/mol. The van der Waals surface area contributed by atoms with E-state index < -0.39 is 12.0 Å². The van der Waals surface area contributed by atoms with E-state index in [0.29, 0.717) is 4.88 Å². The molecule has 82 valence electrons. The van der Waals surface area contributed by atoms with Crippen LogP contribution in [0.25, 0.3) is 0 Å². The van der Waals surface area contributed by atoms with Crippen LogP contribution in [0.15, 0.2) is 11.4 Å². The third-order valence-electron chi connectivity index (χ3n) is 2.27. The molecule has 0 saturated heterocycles. The number of amides is 1. The van der Waals surface area contributed by atoms with Crippen LogP contribution in [0.5, 0.6) is 0 Å². The van der Waals surface area contributed by atoms with Crippen LogP contribution in [0.4, 0.5) is 0 Å². The van der Waals surface area contributed by atoms with Gasteiger partial charge < -0.3 is 10.0 Å². The van der Waals surface area contributed by atoms with Crippen molar-refractivity contribution >= 4 is 23.2 Å². The second-order valence-electron chi connectivity index (χ2n) is 3.34. The molecule has 0 aliphatic carbocycles. The van der Waals surface area contributed by atoms with Gasteiger partial charge in [-0.05, 0) is 23.9 Å². The highest BCUT2D eigenvalue weighted by atomic mass is 32.1. The zero-order chi connectivity index (χ0) is 11.6. The van der Waals surface area contributed by atoms with Gasteiger partial charge in [-0.1, -0.05) is 0 Å². The number of rotatable bonds is 3. The lowest BCUT2D eigenvalue weighted by Gasteiger charge is -2.23. The Bertz CT molecular complexity index is 386. The molecule has 5 heteroatoms. The van der Waals surface area contributed by atoms with Crippen molar-refractivity contribution < 1.29 is 14.7 Å². The van der Waals surface area contributed by atoms with Gasteiger partial charge in [-0.15, -0.1) is 11.3 Å². The molecule has 1 N–H and O–H groups in total. The molecule has 1 aromatic heterocycles. The van der Waals surface area contributed by atoms with E-state index >= 15 is 0 Å². The maximum absolute atomic E-state index is 11.2. The van der Waals surface area contributed by atoms with Crippen LogP contribution in [-0.2, 0) is 9.59 Å². The number of hydrogen-bond donors (Lipinski definition) is 1. The number of thiophene rings is 1. The number of carboxylic acids is 1. The number of hydrogen-bond acceptors (Lipinski definition) is 3. The van der Waals surface area contributed by atoms with Crippen molar-refractivity contribution in [1.29, 1.82) is 0 Å². The Morgan fingerprint density at radius 3 is 2.47 bits per heavy atom. The number of aryl methyl sites for hydroxylation is 1. The smallest absolute Gasteiger partial charge is 0.331 e. The van der Waals surface area contributed by atoms with Gasteiger partial charge in [-0.25, -0.2) is 4.79 Å². The van der Waals surface area contributed by atoms with Gasteiger partial charge in [0.05, 0.1) is 0 Å². The van der Waals surface area contributed by atoms with Crippen molar-refractivity contribution in [3.05, 3.63) is 21.9 Å². The van der Waals surface area contributed by atoms with Crippen LogP contribution in [0.1, 0.15) is 23.4 Å². The maximum Gasteiger partial charge on any atom is 0.331 e. The van der Waals surface area contributed by atoms with Gasteiger partial charge in [0.2, 0.25) is 5.91 Å². The fraction of sp³-hybridized carbons (Fsp3) is 0.400. The molecule has 1 heterocycles. The van der Waals surface area contributed by atoms with Gasteiger partial charge in [-0.2, -0.15) is 0 Å². The quantitative estimate of drug-likeness (QED) is 0.854. The molecule has 0 aromatic carbocycles. The minimum atomic E-state index is -1.00. The lowest BCUT2D eigenvalue weighted by Crippen LogP contribution is -2.34. The highest BCUT2D eigenvalue weighted by Crippen LogP contribution is 2.28. The van der Waals surface area contributed by atoms with Crippen LogP contribution >= 0.6 is 11.3 Å². The highest BCUT2D eigenvalue weighted by molar-refractivity contribution is 7.10. The number of carboxylic acid groups (broad SMARTS) is 1. The number of likely N-dealkylation sites (N-methyl/N-ethyl adjacent to an activating group) is 1. The Labute approximate surface area is 92.1 Å². The van der Waals surface area contributed by atoms with Crippen molar-refractivity contribution in [2.24, 2.45) is 0 Å². The minimum Gasteiger partial charge on any atom is -0.479 e. The van der Waals surface area contributed by atoms with Crippen molar-refractivity contribution in [2.45, 2.75) is 19.9 Å². The molecule has 1 rings (SSSR count). The fourth-order valence-corrected chi connectivity index (χ4v) is 2.36. The van der Waals surface area contributed by atoms with Gasteiger partial charge in [-0.3, -0.25) is 4.79 Å². The van der Waals surface area contributed by atoms with E-state index in [1.807, 2.05) is 18.4 Å². The fourth-order valence-electron chi connectivity index (χ4n) is 1.30. The SMILES string of the molecule is CC(=O)N(C)C(C(=O)O)c1sccc1C. The van der Waals surface area contributed by atoms with Crippen LogP contribution in [0.2, 0.25) is 0 Å². The summed E-state index contributed by atoms with van der Waals surface area (Å²) in [5, 5.41) is 10.9. The number of carbonyl (C=O) groups excluding carboxylic acids is 1. The number of nitrogens with zero attached hydrogens (tertiary/aromatic N) is 1. The summed E-state index contributed by atoms with van der Waals surface area (Å²) in [6.07, 6.45) is 0. The van der Waals surface area contributed by atoms with E-state index in [4.69, 9.17) is 5.11 Å². The van der Waals surface area contributed by atoms with Gasteiger partial charge in [0.1, 0.15) is 0 Å². The molecule has 1 atom stereocenters. The molecule has 0 saturated carbocycles. The average Bonchev–Trinajstić information content (AvgIpc) is 2.52. The van der Waals surface area contributed by atoms with Crippen molar-refractivity contribution in [1.82, 2.24) is 4.90 Å². The molecule has 0 aliphatic heterocycles. The molecule has 0 bridgehead atoms. The molecule has 0 aliphatic rings. The second kappa shape index (κ2) is 4.44. The van der Waals surface area contributed by atoms with Gasteiger partial charge in [0.15, 0.2) is 6.04 Å². The first-order valence-corrected chi connectivity index (χ1v) is 5.33. The number of carbonyl (C=O) groups is 2. The van der Waals surface area contributed by atoms with E-state index in [1.165, 1.54) is 30.2 Å². The standard InChI is InChI=1S/C10H13NO3S/c1-6-4-5-15-9(6)8(10(13)14)11(3)7(2)12/h4-5,8H,1-3H3,(H,13,14). The summed E-state index contributed by atoms with van der Waals surface area (Å²) in [6.45, 7) is 3.20. The zero-order valence-electron chi connectivity index (χ0n) is 8.85. The van der Waals surface area contributed by atoms with Crippen molar-refractivity contribution in [3.63, 3.8) is 0 Å². The first-order chi connectivity index (χ1) is 6.95. The molecule has 15 heavy (non-hydrogen) atoms. The Morgan fingerprint density at radius 2 is 2.13 bits per heavy atom. The van der Waals surface area contributed by atoms with Crippen LogP contribution in [0, 0.1) is 6.92 Å². The van der Waals surface area contributed by atoms with Gasteiger partial charge >= 0.3 is 5.97 Å². The lowest BCUT2D eigenvalue weighted by atomic mass is 10.1.